The number of benzene rings is 2. The highest BCUT2D eigenvalue weighted by molar-refractivity contribution is 8.00. The van der Waals surface area contributed by atoms with Crippen molar-refractivity contribution < 1.29 is 4.79 Å². The third-order valence-corrected chi connectivity index (χ3v) is 5.10. The van der Waals surface area contributed by atoms with Crippen molar-refractivity contribution >= 4 is 40.2 Å². The first-order chi connectivity index (χ1) is 12.0. The van der Waals surface area contributed by atoms with Gasteiger partial charge in [0.1, 0.15) is 10.9 Å². The Balaban J connectivity index is 1.68. The Kier molecular flexibility index (Phi) is 5.56. The predicted octanol–water partition coefficient (Wildman–Crippen LogP) is 4.56. The van der Waals surface area contributed by atoms with Crippen LogP contribution in [0.3, 0.4) is 0 Å². The van der Waals surface area contributed by atoms with E-state index in [9.17, 15) is 4.79 Å². The molecule has 3 rings (SSSR count). The van der Waals surface area contributed by atoms with Crippen molar-refractivity contribution in [2.24, 2.45) is 0 Å². The molecule has 1 atom stereocenters. The molecule has 0 bridgehead atoms. The summed E-state index contributed by atoms with van der Waals surface area (Å²) in [5.74, 6) is 0.929. The Morgan fingerprint density at radius 2 is 1.88 bits per heavy atom. The Labute approximate surface area is 156 Å². The number of aryl methyl sites for hydroxylation is 1. The summed E-state index contributed by atoms with van der Waals surface area (Å²) in [6.45, 7) is 3.78. The lowest BCUT2D eigenvalue weighted by Crippen LogP contribution is -2.28. The topological polar surface area (TPSA) is 54.9 Å². The average molecular weight is 372 g/mol. The highest BCUT2D eigenvalue weighted by atomic mass is 35.5. The lowest BCUT2D eigenvalue weighted by molar-refractivity contribution is -0.119. The molecule has 4 nitrogen and oxygen atoms in total. The number of thioether (sulfide) groups is 1. The fraction of sp³-hybridized carbons (Fsp3) is 0.211. The standard InChI is InChI=1S/C19H18ClN3OS/c1-12(14-7-3-5-9-16(14)20)21-18(24)11-25-19-15-8-4-6-10-17(15)22-13(2)23-19/h3-10,12H,11H2,1-2H3,(H,21,24)/t12-/m1/s1. The van der Waals surface area contributed by atoms with Crippen LogP contribution in [-0.4, -0.2) is 21.6 Å². The Morgan fingerprint density at radius 3 is 2.68 bits per heavy atom. The minimum atomic E-state index is -0.148. The second-order valence-corrected chi connectivity index (χ2v) is 7.06. The maximum atomic E-state index is 12.3. The number of para-hydroxylation sites is 1. The van der Waals surface area contributed by atoms with Crippen LogP contribution in [0.15, 0.2) is 53.6 Å². The van der Waals surface area contributed by atoms with E-state index in [1.807, 2.05) is 62.4 Å². The van der Waals surface area contributed by atoms with Gasteiger partial charge in [0.05, 0.1) is 17.3 Å². The first-order valence-corrected chi connectivity index (χ1v) is 9.31. The molecule has 0 saturated heterocycles. The molecule has 6 heteroatoms. The average Bonchev–Trinajstić information content (AvgIpc) is 2.59. The van der Waals surface area contributed by atoms with E-state index >= 15 is 0 Å². The van der Waals surface area contributed by atoms with Gasteiger partial charge >= 0.3 is 0 Å². The number of hydrogen-bond donors (Lipinski definition) is 1. The maximum Gasteiger partial charge on any atom is 0.230 e. The Morgan fingerprint density at radius 1 is 1.16 bits per heavy atom. The van der Waals surface area contributed by atoms with Crippen LogP contribution in [0.1, 0.15) is 24.4 Å². The van der Waals surface area contributed by atoms with Crippen LogP contribution in [0.2, 0.25) is 5.02 Å². The molecule has 1 N–H and O–H groups in total. The summed E-state index contributed by atoms with van der Waals surface area (Å²) in [4.78, 5) is 21.2. The number of hydrogen-bond acceptors (Lipinski definition) is 4. The number of fused-ring (bicyclic) bond motifs is 1. The van der Waals surface area contributed by atoms with Gasteiger partial charge in [0.25, 0.3) is 0 Å². The first-order valence-electron chi connectivity index (χ1n) is 7.94. The molecule has 1 heterocycles. The van der Waals surface area contributed by atoms with E-state index in [0.717, 1.165) is 21.5 Å². The molecule has 0 fully saturated rings. The van der Waals surface area contributed by atoms with Crippen LogP contribution in [0, 0.1) is 6.92 Å². The van der Waals surface area contributed by atoms with Crippen LogP contribution in [0.4, 0.5) is 0 Å². The Hall–Kier alpha value is -2.11. The van der Waals surface area contributed by atoms with E-state index in [-0.39, 0.29) is 17.7 Å². The van der Waals surface area contributed by atoms with Gasteiger partial charge in [0.2, 0.25) is 5.91 Å². The minimum absolute atomic E-state index is 0.0576. The van der Waals surface area contributed by atoms with Crippen molar-refractivity contribution in [2.75, 3.05) is 5.75 Å². The molecule has 0 aliphatic rings. The molecule has 1 aromatic heterocycles. The summed E-state index contributed by atoms with van der Waals surface area (Å²) in [5, 5.41) is 5.42. The molecule has 2 aromatic carbocycles. The predicted molar refractivity (Wildman–Crippen MR) is 103 cm³/mol. The van der Waals surface area contributed by atoms with Crippen LogP contribution in [0.5, 0.6) is 0 Å². The molecular formula is C19H18ClN3OS. The van der Waals surface area contributed by atoms with Gasteiger partial charge in [-0.3, -0.25) is 4.79 Å². The van der Waals surface area contributed by atoms with Crippen LogP contribution >= 0.6 is 23.4 Å². The fourth-order valence-electron chi connectivity index (χ4n) is 2.59. The maximum absolute atomic E-state index is 12.3. The SMILES string of the molecule is Cc1nc(SCC(=O)N[C@H](C)c2ccccc2Cl)c2ccccc2n1. The smallest absolute Gasteiger partial charge is 0.230 e. The highest BCUT2D eigenvalue weighted by Gasteiger charge is 2.14. The van der Waals surface area contributed by atoms with Crippen molar-refractivity contribution in [3.05, 3.63) is 64.9 Å². The van der Waals surface area contributed by atoms with Crippen LogP contribution < -0.4 is 5.32 Å². The molecule has 0 spiro atoms. The van der Waals surface area contributed by atoms with Gasteiger partial charge in [0, 0.05) is 10.4 Å². The number of nitrogens with one attached hydrogen (secondary N) is 1. The number of carbonyl (C=O) groups is 1. The number of halogens is 1. The second-order valence-electron chi connectivity index (χ2n) is 5.69. The zero-order chi connectivity index (χ0) is 17.8. The quantitative estimate of drug-likeness (QED) is 0.527. The summed E-state index contributed by atoms with van der Waals surface area (Å²) >= 11 is 7.60. The lowest BCUT2D eigenvalue weighted by Gasteiger charge is -2.15. The van der Waals surface area contributed by atoms with E-state index in [1.165, 1.54) is 11.8 Å². The van der Waals surface area contributed by atoms with Crippen molar-refractivity contribution in [1.29, 1.82) is 0 Å². The van der Waals surface area contributed by atoms with Gasteiger partial charge in [-0.1, -0.05) is 59.8 Å². The normalized spacial score (nSPS) is 12.1. The molecule has 1 amide bonds. The molecular weight excluding hydrogens is 354 g/mol. The van der Waals surface area contributed by atoms with E-state index < -0.39 is 0 Å². The summed E-state index contributed by atoms with van der Waals surface area (Å²) in [5.41, 5.74) is 1.80. The number of amides is 1. The summed E-state index contributed by atoms with van der Waals surface area (Å²) in [6.07, 6.45) is 0. The van der Waals surface area contributed by atoms with Crippen molar-refractivity contribution in [3.63, 3.8) is 0 Å². The zero-order valence-electron chi connectivity index (χ0n) is 14.0. The van der Waals surface area contributed by atoms with Crippen molar-refractivity contribution in [3.8, 4) is 0 Å². The number of aromatic nitrogens is 2. The van der Waals surface area contributed by atoms with Gasteiger partial charge in [-0.25, -0.2) is 9.97 Å². The van der Waals surface area contributed by atoms with E-state index in [1.54, 1.807) is 0 Å². The molecule has 128 valence electrons. The van der Waals surface area contributed by atoms with E-state index in [4.69, 9.17) is 11.6 Å². The third-order valence-electron chi connectivity index (χ3n) is 3.77. The molecule has 3 aromatic rings. The van der Waals surface area contributed by atoms with Crippen LogP contribution in [0.25, 0.3) is 10.9 Å². The van der Waals surface area contributed by atoms with Crippen molar-refractivity contribution in [2.45, 2.75) is 24.9 Å². The molecule has 25 heavy (non-hydrogen) atoms. The first kappa shape index (κ1) is 17.7. The highest BCUT2D eigenvalue weighted by Crippen LogP contribution is 2.26. The molecule has 0 unspecified atom stereocenters. The summed E-state index contributed by atoms with van der Waals surface area (Å²) in [6, 6.07) is 15.2. The minimum Gasteiger partial charge on any atom is -0.349 e. The summed E-state index contributed by atoms with van der Waals surface area (Å²) in [7, 11) is 0. The molecule has 0 saturated carbocycles. The van der Waals surface area contributed by atoms with Crippen LogP contribution in [-0.2, 0) is 4.79 Å². The number of rotatable bonds is 5. The number of nitrogens with zero attached hydrogens (tertiary/aromatic N) is 2. The Bertz CT molecular complexity index is 916. The largest absolute Gasteiger partial charge is 0.349 e. The lowest BCUT2D eigenvalue weighted by atomic mass is 10.1. The van der Waals surface area contributed by atoms with Gasteiger partial charge in [-0.05, 0) is 31.5 Å². The monoisotopic (exact) mass is 371 g/mol. The number of carbonyl (C=O) groups excluding carboxylic acids is 1. The van der Waals surface area contributed by atoms with Gasteiger partial charge < -0.3 is 5.32 Å². The fourth-order valence-corrected chi connectivity index (χ4v) is 3.76. The van der Waals surface area contributed by atoms with E-state index in [2.05, 4.69) is 15.3 Å². The van der Waals surface area contributed by atoms with E-state index in [0.29, 0.717) is 10.8 Å². The van der Waals surface area contributed by atoms with Gasteiger partial charge in [-0.2, -0.15) is 0 Å². The third kappa shape index (κ3) is 4.30. The van der Waals surface area contributed by atoms with Gasteiger partial charge in [-0.15, -0.1) is 0 Å². The molecule has 0 aliphatic heterocycles. The second kappa shape index (κ2) is 7.85. The summed E-state index contributed by atoms with van der Waals surface area (Å²) < 4.78 is 0. The molecule has 0 radical (unpaired) electrons. The molecule has 0 aliphatic carbocycles. The van der Waals surface area contributed by atoms with Gasteiger partial charge in [0.15, 0.2) is 0 Å². The van der Waals surface area contributed by atoms with Crippen molar-refractivity contribution in [1.82, 2.24) is 15.3 Å². The zero-order valence-corrected chi connectivity index (χ0v) is 15.6.